The first kappa shape index (κ1) is 13.0. The summed E-state index contributed by atoms with van der Waals surface area (Å²) in [5.41, 5.74) is -0.787. The van der Waals surface area contributed by atoms with Crippen LogP contribution in [0, 0.1) is 16.7 Å². The fourth-order valence-electron chi connectivity index (χ4n) is 2.29. The molecule has 0 unspecified atom stereocenters. The van der Waals surface area contributed by atoms with Gasteiger partial charge in [0.25, 0.3) is 0 Å². The average molecular weight is 263 g/mol. The van der Waals surface area contributed by atoms with Crippen molar-refractivity contribution in [3.63, 3.8) is 0 Å². The van der Waals surface area contributed by atoms with E-state index < -0.39 is 5.41 Å². The summed E-state index contributed by atoms with van der Waals surface area (Å²) in [5, 5.41) is 13.0. The third-order valence-corrected chi connectivity index (χ3v) is 4.60. The SMILES string of the molecule is CCc1cnc(CNC(=O)C2(C#N)CCCC2)s1. The van der Waals surface area contributed by atoms with Crippen molar-refractivity contribution in [2.45, 2.75) is 45.6 Å². The van der Waals surface area contributed by atoms with Gasteiger partial charge in [-0.1, -0.05) is 19.8 Å². The average Bonchev–Trinajstić information content (AvgIpc) is 3.05. The Labute approximate surface area is 111 Å². The predicted octanol–water partition coefficient (Wildman–Crippen LogP) is 2.41. The Morgan fingerprint density at radius 2 is 2.33 bits per heavy atom. The van der Waals surface area contributed by atoms with Gasteiger partial charge in [-0.25, -0.2) is 4.98 Å². The second kappa shape index (κ2) is 5.49. The first-order valence-corrected chi connectivity index (χ1v) is 7.15. The maximum Gasteiger partial charge on any atom is 0.240 e. The Kier molecular flexibility index (Phi) is 3.97. The number of carbonyl (C=O) groups is 1. The first-order chi connectivity index (χ1) is 8.70. The van der Waals surface area contributed by atoms with E-state index in [2.05, 4.69) is 23.3 Å². The minimum absolute atomic E-state index is 0.129. The van der Waals surface area contributed by atoms with Gasteiger partial charge in [0.15, 0.2) is 0 Å². The molecule has 2 rings (SSSR count). The fourth-order valence-corrected chi connectivity index (χ4v) is 3.09. The molecule has 1 saturated carbocycles. The van der Waals surface area contributed by atoms with E-state index in [-0.39, 0.29) is 5.91 Å². The Morgan fingerprint density at radius 1 is 1.61 bits per heavy atom. The monoisotopic (exact) mass is 263 g/mol. The van der Waals surface area contributed by atoms with E-state index in [1.807, 2.05) is 6.20 Å². The third-order valence-electron chi connectivity index (χ3n) is 3.46. The normalized spacial score (nSPS) is 17.3. The van der Waals surface area contributed by atoms with Crippen molar-refractivity contribution < 1.29 is 4.79 Å². The van der Waals surface area contributed by atoms with Gasteiger partial charge in [0.05, 0.1) is 12.6 Å². The van der Waals surface area contributed by atoms with Gasteiger partial charge in [0.1, 0.15) is 10.4 Å². The van der Waals surface area contributed by atoms with Crippen molar-refractivity contribution in [3.8, 4) is 6.07 Å². The zero-order chi connectivity index (χ0) is 13.0. The molecule has 96 valence electrons. The summed E-state index contributed by atoms with van der Waals surface area (Å²) in [6, 6.07) is 2.20. The van der Waals surface area contributed by atoms with Crippen LogP contribution in [0.25, 0.3) is 0 Å². The maximum atomic E-state index is 12.1. The van der Waals surface area contributed by atoms with Gasteiger partial charge in [0.2, 0.25) is 5.91 Å². The number of carbonyl (C=O) groups excluding carboxylic acids is 1. The van der Waals surface area contributed by atoms with Crippen LogP contribution in [0.2, 0.25) is 0 Å². The number of hydrogen-bond donors (Lipinski definition) is 1. The molecule has 0 spiro atoms. The molecule has 1 aromatic rings. The molecule has 18 heavy (non-hydrogen) atoms. The summed E-state index contributed by atoms with van der Waals surface area (Å²) < 4.78 is 0. The molecule has 1 aliphatic carbocycles. The number of amides is 1. The van der Waals surface area contributed by atoms with Crippen LogP contribution in [0.3, 0.4) is 0 Å². The molecule has 1 fully saturated rings. The molecule has 0 aliphatic heterocycles. The number of aryl methyl sites for hydroxylation is 1. The van der Waals surface area contributed by atoms with Gasteiger partial charge >= 0.3 is 0 Å². The van der Waals surface area contributed by atoms with Crippen molar-refractivity contribution in [2.75, 3.05) is 0 Å². The molecule has 1 aromatic heterocycles. The summed E-state index contributed by atoms with van der Waals surface area (Å²) >= 11 is 1.62. The number of nitrogens with zero attached hydrogens (tertiary/aromatic N) is 2. The summed E-state index contributed by atoms with van der Waals surface area (Å²) in [7, 11) is 0. The molecule has 1 amide bonds. The van der Waals surface area contributed by atoms with Crippen molar-refractivity contribution >= 4 is 17.2 Å². The molecular formula is C13H17N3OS. The molecular weight excluding hydrogens is 246 g/mol. The van der Waals surface area contributed by atoms with Gasteiger partial charge < -0.3 is 5.32 Å². The van der Waals surface area contributed by atoms with Crippen LogP contribution in [-0.2, 0) is 17.8 Å². The highest BCUT2D eigenvalue weighted by molar-refractivity contribution is 7.11. The fraction of sp³-hybridized carbons (Fsp3) is 0.615. The van der Waals surface area contributed by atoms with Gasteiger partial charge in [-0.3, -0.25) is 4.79 Å². The summed E-state index contributed by atoms with van der Waals surface area (Å²) in [6.45, 7) is 2.52. The smallest absolute Gasteiger partial charge is 0.240 e. The zero-order valence-electron chi connectivity index (χ0n) is 10.5. The number of nitriles is 1. The number of aromatic nitrogens is 1. The minimum Gasteiger partial charge on any atom is -0.348 e. The molecule has 0 atom stereocenters. The van der Waals surface area contributed by atoms with E-state index in [9.17, 15) is 10.1 Å². The number of nitrogens with one attached hydrogen (secondary N) is 1. The van der Waals surface area contributed by atoms with Crippen molar-refractivity contribution in [1.82, 2.24) is 10.3 Å². The molecule has 0 saturated heterocycles. The zero-order valence-corrected chi connectivity index (χ0v) is 11.3. The third kappa shape index (κ3) is 2.54. The highest BCUT2D eigenvalue weighted by Crippen LogP contribution is 2.37. The first-order valence-electron chi connectivity index (χ1n) is 6.33. The van der Waals surface area contributed by atoms with E-state index in [4.69, 9.17) is 0 Å². The summed E-state index contributed by atoms with van der Waals surface area (Å²) in [6.07, 6.45) is 6.13. The Hall–Kier alpha value is -1.41. The van der Waals surface area contributed by atoms with E-state index >= 15 is 0 Å². The lowest BCUT2D eigenvalue weighted by atomic mass is 9.87. The number of thiazole rings is 1. The molecule has 4 nitrogen and oxygen atoms in total. The summed E-state index contributed by atoms with van der Waals surface area (Å²) in [4.78, 5) is 17.6. The van der Waals surface area contributed by atoms with E-state index in [0.717, 1.165) is 24.3 Å². The molecule has 1 heterocycles. The van der Waals surface area contributed by atoms with Gasteiger partial charge in [-0.05, 0) is 19.3 Å². The van der Waals surface area contributed by atoms with Crippen molar-refractivity contribution in [2.24, 2.45) is 5.41 Å². The van der Waals surface area contributed by atoms with Crippen LogP contribution in [0.15, 0.2) is 6.20 Å². The van der Waals surface area contributed by atoms with E-state index in [0.29, 0.717) is 19.4 Å². The topological polar surface area (TPSA) is 65.8 Å². The lowest BCUT2D eigenvalue weighted by molar-refractivity contribution is -0.128. The standard InChI is InChI=1S/C13H17N3OS/c1-2-10-7-15-11(18-10)8-16-12(17)13(9-14)5-3-4-6-13/h7H,2-6,8H2,1H3,(H,16,17). The van der Waals surface area contributed by atoms with Crippen LogP contribution >= 0.6 is 11.3 Å². The molecule has 0 bridgehead atoms. The maximum absolute atomic E-state index is 12.1. The predicted molar refractivity (Wildman–Crippen MR) is 69.9 cm³/mol. The van der Waals surface area contributed by atoms with E-state index in [1.54, 1.807) is 11.3 Å². The minimum atomic E-state index is -0.787. The van der Waals surface area contributed by atoms with Crippen LogP contribution in [-0.4, -0.2) is 10.9 Å². The van der Waals surface area contributed by atoms with Crippen LogP contribution < -0.4 is 5.32 Å². The van der Waals surface area contributed by atoms with Gasteiger partial charge in [0, 0.05) is 11.1 Å². The molecule has 1 N–H and O–H groups in total. The highest BCUT2D eigenvalue weighted by atomic mass is 32.1. The van der Waals surface area contributed by atoms with Crippen molar-refractivity contribution in [3.05, 3.63) is 16.1 Å². The second-order valence-corrected chi connectivity index (χ2v) is 5.86. The summed E-state index contributed by atoms with van der Waals surface area (Å²) in [5.74, 6) is -0.129. The molecule has 0 aromatic carbocycles. The van der Waals surface area contributed by atoms with Gasteiger partial charge in [-0.15, -0.1) is 11.3 Å². The van der Waals surface area contributed by atoms with Gasteiger partial charge in [-0.2, -0.15) is 5.26 Å². The van der Waals surface area contributed by atoms with Crippen LogP contribution in [0.4, 0.5) is 0 Å². The Morgan fingerprint density at radius 3 is 2.89 bits per heavy atom. The Balaban J connectivity index is 1.94. The highest BCUT2D eigenvalue weighted by Gasteiger charge is 2.41. The number of rotatable bonds is 4. The molecule has 1 aliphatic rings. The van der Waals surface area contributed by atoms with E-state index in [1.165, 1.54) is 4.88 Å². The van der Waals surface area contributed by atoms with Crippen molar-refractivity contribution in [1.29, 1.82) is 5.26 Å². The molecule has 0 radical (unpaired) electrons. The lowest BCUT2D eigenvalue weighted by Gasteiger charge is -2.18. The lowest BCUT2D eigenvalue weighted by Crippen LogP contribution is -2.37. The van der Waals surface area contributed by atoms with Crippen LogP contribution in [0.1, 0.15) is 42.5 Å². The molecule has 5 heteroatoms. The quantitative estimate of drug-likeness (QED) is 0.907. The second-order valence-electron chi connectivity index (χ2n) is 4.66. The largest absolute Gasteiger partial charge is 0.348 e. The van der Waals surface area contributed by atoms with Crippen LogP contribution in [0.5, 0.6) is 0 Å². The number of hydrogen-bond acceptors (Lipinski definition) is 4. The Bertz CT molecular complexity index is 469.